The minimum absolute atomic E-state index is 0.186. The summed E-state index contributed by atoms with van der Waals surface area (Å²) >= 11 is 5.71. The van der Waals surface area contributed by atoms with Crippen LogP contribution in [0.15, 0.2) is 21.3 Å². The molecule has 0 aliphatic carbocycles. The SMILES string of the molecule is CC(O)c1noc(-c2ccoc2Cl)n1. The summed E-state index contributed by atoms with van der Waals surface area (Å²) in [6.45, 7) is 1.55. The highest BCUT2D eigenvalue weighted by molar-refractivity contribution is 6.31. The zero-order chi connectivity index (χ0) is 10.1. The number of aliphatic hydroxyl groups excluding tert-OH is 1. The first kappa shape index (κ1) is 9.23. The predicted octanol–water partition coefficient (Wildman–Crippen LogP) is 2.04. The molecule has 0 radical (unpaired) electrons. The summed E-state index contributed by atoms with van der Waals surface area (Å²) in [6.07, 6.45) is 0.655. The minimum atomic E-state index is -0.766. The number of nitrogens with zero attached hydrogens (tertiary/aromatic N) is 2. The van der Waals surface area contributed by atoms with Crippen LogP contribution in [0.3, 0.4) is 0 Å². The molecule has 0 aromatic carbocycles. The Balaban J connectivity index is 2.39. The van der Waals surface area contributed by atoms with Crippen molar-refractivity contribution in [3.63, 3.8) is 0 Å². The van der Waals surface area contributed by atoms with Gasteiger partial charge in [0.15, 0.2) is 5.82 Å². The fourth-order valence-corrected chi connectivity index (χ4v) is 1.16. The van der Waals surface area contributed by atoms with Gasteiger partial charge in [0.05, 0.1) is 11.8 Å². The molecule has 0 amide bonds. The second-order valence-corrected chi connectivity index (χ2v) is 3.08. The molecule has 6 heteroatoms. The van der Waals surface area contributed by atoms with Gasteiger partial charge in [-0.15, -0.1) is 0 Å². The van der Waals surface area contributed by atoms with Crippen molar-refractivity contribution in [1.29, 1.82) is 0 Å². The lowest BCUT2D eigenvalue weighted by molar-refractivity contribution is 0.184. The number of rotatable bonds is 2. The average molecular weight is 215 g/mol. The number of aliphatic hydroxyl groups is 1. The Kier molecular flexibility index (Phi) is 2.26. The second-order valence-electron chi connectivity index (χ2n) is 2.74. The third-order valence-corrected chi connectivity index (χ3v) is 1.96. The summed E-state index contributed by atoms with van der Waals surface area (Å²) in [5, 5.41) is 12.9. The van der Waals surface area contributed by atoms with Crippen LogP contribution in [-0.2, 0) is 0 Å². The van der Waals surface area contributed by atoms with E-state index < -0.39 is 6.10 Å². The molecule has 74 valence electrons. The van der Waals surface area contributed by atoms with Crippen molar-refractivity contribution < 1.29 is 14.0 Å². The lowest BCUT2D eigenvalue weighted by atomic mass is 10.3. The van der Waals surface area contributed by atoms with Crippen LogP contribution in [-0.4, -0.2) is 15.2 Å². The standard InChI is InChI=1S/C8H7ClN2O3/c1-4(12)7-10-8(14-11-7)5-2-3-13-6(5)9/h2-4,12H,1H3. The van der Waals surface area contributed by atoms with E-state index in [1.807, 2.05) is 0 Å². The summed E-state index contributed by atoms with van der Waals surface area (Å²) in [7, 11) is 0. The van der Waals surface area contributed by atoms with E-state index in [2.05, 4.69) is 10.1 Å². The molecule has 0 aliphatic heterocycles. The Hall–Kier alpha value is -1.33. The van der Waals surface area contributed by atoms with Crippen molar-refractivity contribution in [3.8, 4) is 11.5 Å². The lowest BCUT2D eigenvalue weighted by Crippen LogP contribution is -1.92. The summed E-state index contributed by atoms with van der Waals surface area (Å²) in [5.74, 6) is 0.455. The quantitative estimate of drug-likeness (QED) is 0.828. The van der Waals surface area contributed by atoms with Crippen LogP contribution < -0.4 is 0 Å². The van der Waals surface area contributed by atoms with Crippen LogP contribution in [0.1, 0.15) is 18.9 Å². The topological polar surface area (TPSA) is 72.3 Å². The normalized spacial score (nSPS) is 13.1. The van der Waals surface area contributed by atoms with Gasteiger partial charge in [-0.2, -0.15) is 4.98 Å². The maximum absolute atomic E-state index is 9.16. The van der Waals surface area contributed by atoms with E-state index in [0.717, 1.165) is 0 Å². The second kappa shape index (κ2) is 3.43. The highest BCUT2D eigenvalue weighted by Gasteiger charge is 2.16. The molecule has 0 spiro atoms. The lowest BCUT2D eigenvalue weighted by Gasteiger charge is -1.91. The molecule has 0 saturated heterocycles. The van der Waals surface area contributed by atoms with Crippen LogP contribution in [0, 0.1) is 0 Å². The number of aromatic nitrogens is 2. The molecule has 2 aromatic heterocycles. The van der Waals surface area contributed by atoms with Crippen molar-refractivity contribution in [2.24, 2.45) is 0 Å². The molecular weight excluding hydrogens is 208 g/mol. The third kappa shape index (κ3) is 1.51. The molecule has 1 N–H and O–H groups in total. The zero-order valence-corrected chi connectivity index (χ0v) is 8.02. The van der Waals surface area contributed by atoms with E-state index in [0.29, 0.717) is 5.56 Å². The summed E-state index contributed by atoms with van der Waals surface area (Å²) in [5.41, 5.74) is 0.520. The molecule has 0 fully saturated rings. The fourth-order valence-electron chi connectivity index (χ4n) is 0.960. The number of halogens is 1. The molecule has 2 aromatic rings. The monoisotopic (exact) mass is 214 g/mol. The first-order valence-corrected chi connectivity index (χ1v) is 4.31. The van der Waals surface area contributed by atoms with Crippen LogP contribution in [0.2, 0.25) is 5.22 Å². The molecule has 1 unspecified atom stereocenters. The molecule has 2 heterocycles. The third-order valence-electron chi connectivity index (χ3n) is 1.66. The van der Waals surface area contributed by atoms with Gasteiger partial charge >= 0.3 is 0 Å². The van der Waals surface area contributed by atoms with Crippen LogP contribution in [0.4, 0.5) is 0 Å². The fraction of sp³-hybridized carbons (Fsp3) is 0.250. The first-order chi connectivity index (χ1) is 6.68. The van der Waals surface area contributed by atoms with Gasteiger partial charge in [-0.3, -0.25) is 0 Å². The van der Waals surface area contributed by atoms with Gasteiger partial charge in [0.2, 0.25) is 5.22 Å². The van der Waals surface area contributed by atoms with Crippen LogP contribution in [0.25, 0.3) is 11.5 Å². The Morgan fingerprint density at radius 2 is 2.36 bits per heavy atom. The molecule has 5 nitrogen and oxygen atoms in total. The largest absolute Gasteiger partial charge is 0.452 e. The maximum Gasteiger partial charge on any atom is 0.262 e. The predicted molar refractivity (Wildman–Crippen MR) is 47.6 cm³/mol. The summed E-state index contributed by atoms with van der Waals surface area (Å²) < 4.78 is 9.75. The Morgan fingerprint density at radius 3 is 2.86 bits per heavy atom. The molecule has 2 rings (SSSR count). The first-order valence-electron chi connectivity index (χ1n) is 3.93. The van der Waals surface area contributed by atoms with Crippen molar-refractivity contribution in [2.45, 2.75) is 13.0 Å². The van der Waals surface area contributed by atoms with Gasteiger partial charge < -0.3 is 14.0 Å². The number of furan rings is 1. The summed E-state index contributed by atoms with van der Waals surface area (Å²) in [4.78, 5) is 3.94. The smallest absolute Gasteiger partial charge is 0.262 e. The van der Waals surface area contributed by atoms with Crippen LogP contribution in [0.5, 0.6) is 0 Å². The van der Waals surface area contributed by atoms with Crippen molar-refractivity contribution in [3.05, 3.63) is 23.4 Å². The van der Waals surface area contributed by atoms with Crippen molar-refractivity contribution in [1.82, 2.24) is 10.1 Å². The minimum Gasteiger partial charge on any atom is -0.452 e. The molecular formula is C8H7ClN2O3. The summed E-state index contributed by atoms with van der Waals surface area (Å²) in [6, 6.07) is 1.61. The van der Waals surface area contributed by atoms with Gasteiger partial charge in [-0.05, 0) is 24.6 Å². The van der Waals surface area contributed by atoms with Gasteiger partial charge in [0, 0.05) is 0 Å². The van der Waals surface area contributed by atoms with Crippen LogP contribution >= 0.6 is 11.6 Å². The van der Waals surface area contributed by atoms with E-state index in [1.54, 1.807) is 13.0 Å². The van der Waals surface area contributed by atoms with E-state index in [9.17, 15) is 0 Å². The van der Waals surface area contributed by atoms with E-state index >= 15 is 0 Å². The maximum atomic E-state index is 9.16. The Morgan fingerprint density at radius 1 is 1.57 bits per heavy atom. The number of hydrogen-bond acceptors (Lipinski definition) is 5. The Labute approximate surface area is 84.3 Å². The molecule has 1 atom stereocenters. The van der Waals surface area contributed by atoms with E-state index in [-0.39, 0.29) is 16.9 Å². The molecule has 0 saturated carbocycles. The highest BCUT2D eigenvalue weighted by atomic mass is 35.5. The molecule has 14 heavy (non-hydrogen) atoms. The van der Waals surface area contributed by atoms with Gasteiger partial charge in [0.25, 0.3) is 5.89 Å². The molecule has 0 aliphatic rings. The Bertz CT molecular complexity index is 435. The average Bonchev–Trinajstić information content (AvgIpc) is 2.71. The van der Waals surface area contributed by atoms with Crippen molar-refractivity contribution in [2.75, 3.05) is 0 Å². The van der Waals surface area contributed by atoms with Gasteiger partial charge in [-0.1, -0.05) is 5.16 Å². The zero-order valence-electron chi connectivity index (χ0n) is 7.27. The van der Waals surface area contributed by atoms with Crippen molar-refractivity contribution >= 4 is 11.6 Å². The van der Waals surface area contributed by atoms with Gasteiger partial charge in [0.1, 0.15) is 6.10 Å². The van der Waals surface area contributed by atoms with Gasteiger partial charge in [-0.25, -0.2) is 0 Å². The number of hydrogen-bond donors (Lipinski definition) is 1. The highest BCUT2D eigenvalue weighted by Crippen LogP contribution is 2.27. The van der Waals surface area contributed by atoms with E-state index in [1.165, 1.54) is 6.26 Å². The van der Waals surface area contributed by atoms with E-state index in [4.69, 9.17) is 25.6 Å². The molecule has 0 bridgehead atoms.